The summed E-state index contributed by atoms with van der Waals surface area (Å²) in [6.45, 7) is 9.51. The summed E-state index contributed by atoms with van der Waals surface area (Å²) in [4.78, 5) is 0. The molecule has 0 fully saturated rings. The van der Waals surface area contributed by atoms with Gasteiger partial charge in [-0.3, -0.25) is 0 Å². The predicted molar refractivity (Wildman–Crippen MR) is 92.2 cm³/mol. The largest absolute Gasteiger partial charge is 0.310 e. The van der Waals surface area contributed by atoms with Crippen molar-refractivity contribution in [3.8, 4) is 0 Å². The zero-order valence-electron chi connectivity index (χ0n) is 13.3. The molecular weight excluding hydrogens is 278 g/mol. The van der Waals surface area contributed by atoms with Crippen molar-refractivity contribution in [2.24, 2.45) is 0 Å². The van der Waals surface area contributed by atoms with Gasteiger partial charge in [0.1, 0.15) is 0 Å². The Morgan fingerprint density at radius 3 is 2.43 bits per heavy atom. The van der Waals surface area contributed by atoms with E-state index < -0.39 is 0 Å². The number of benzene rings is 2. The summed E-state index contributed by atoms with van der Waals surface area (Å²) in [5.41, 5.74) is 6.53. The lowest BCUT2D eigenvalue weighted by Crippen LogP contribution is -2.23. The van der Waals surface area contributed by atoms with Crippen LogP contribution in [-0.2, 0) is 6.42 Å². The van der Waals surface area contributed by atoms with Crippen LogP contribution in [0.4, 0.5) is 0 Å². The van der Waals surface area contributed by atoms with Gasteiger partial charge < -0.3 is 5.32 Å². The fourth-order valence-electron chi connectivity index (χ4n) is 2.68. The van der Waals surface area contributed by atoms with Gasteiger partial charge in [0.05, 0.1) is 0 Å². The second-order valence-electron chi connectivity index (χ2n) is 5.75. The molecule has 0 radical (unpaired) electrons. The first kappa shape index (κ1) is 16.1. The maximum atomic E-state index is 6.15. The standard InChI is InChI=1S/C19H24ClN/c1-5-21-19(16-8-9-18(20)15(4)11-16)12-17-10-13(2)6-7-14(17)3/h6-11,19,21H,5,12H2,1-4H3. The Hall–Kier alpha value is -1.31. The van der Waals surface area contributed by atoms with Crippen molar-refractivity contribution in [2.75, 3.05) is 6.54 Å². The van der Waals surface area contributed by atoms with Crippen molar-refractivity contribution in [2.45, 2.75) is 40.2 Å². The zero-order valence-corrected chi connectivity index (χ0v) is 14.1. The van der Waals surface area contributed by atoms with Crippen LogP contribution in [0.1, 0.15) is 40.8 Å². The molecule has 2 aromatic carbocycles. The molecule has 0 aliphatic rings. The van der Waals surface area contributed by atoms with E-state index in [0.717, 1.165) is 23.6 Å². The van der Waals surface area contributed by atoms with Gasteiger partial charge in [-0.05, 0) is 62.1 Å². The molecule has 1 atom stereocenters. The second-order valence-corrected chi connectivity index (χ2v) is 6.16. The van der Waals surface area contributed by atoms with Gasteiger partial charge in [-0.15, -0.1) is 0 Å². The molecule has 0 saturated heterocycles. The van der Waals surface area contributed by atoms with Crippen molar-refractivity contribution < 1.29 is 0 Å². The summed E-state index contributed by atoms with van der Waals surface area (Å²) < 4.78 is 0. The minimum atomic E-state index is 0.325. The predicted octanol–water partition coefficient (Wildman–Crippen LogP) is 5.16. The number of hydrogen-bond donors (Lipinski definition) is 1. The van der Waals surface area contributed by atoms with Crippen LogP contribution in [0.15, 0.2) is 36.4 Å². The smallest absolute Gasteiger partial charge is 0.0435 e. The van der Waals surface area contributed by atoms with E-state index in [1.165, 1.54) is 22.3 Å². The zero-order chi connectivity index (χ0) is 15.4. The van der Waals surface area contributed by atoms with Crippen molar-refractivity contribution in [1.82, 2.24) is 5.32 Å². The van der Waals surface area contributed by atoms with E-state index in [-0.39, 0.29) is 0 Å². The second kappa shape index (κ2) is 7.11. The molecule has 0 heterocycles. The number of aryl methyl sites for hydroxylation is 3. The van der Waals surface area contributed by atoms with Crippen LogP contribution >= 0.6 is 11.6 Å². The number of halogens is 1. The SMILES string of the molecule is CCNC(Cc1cc(C)ccc1C)c1ccc(Cl)c(C)c1. The Morgan fingerprint density at radius 2 is 1.76 bits per heavy atom. The highest BCUT2D eigenvalue weighted by Crippen LogP contribution is 2.25. The summed E-state index contributed by atoms with van der Waals surface area (Å²) in [7, 11) is 0. The molecule has 0 aromatic heterocycles. The van der Waals surface area contributed by atoms with Gasteiger partial charge in [-0.25, -0.2) is 0 Å². The van der Waals surface area contributed by atoms with Gasteiger partial charge in [-0.1, -0.05) is 54.4 Å². The average molecular weight is 302 g/mol. The Kier molecular flexibility index (Phi) is 5.44. The van der Waals surface area contributed by atoms with Crippen LogP contribution in [0.5, 0.6) is 0 Å². The van der Waals surface area contributed by atoms with Crippen LogP contribution < -0.4 is 5.32 Å². The van der Waals surface area contributed by atoms with E-state index in [1.54, 1.807) is 0 Å². The molecule has 0 saturated carbocycles. The van der Waals surface area contributed by atoms with Crippen molar-refractivity contribution in [3.63, 3.8) is 0 Å². The van der Waals surface area contributed by atoms with E-state index in [1.807, 2.05) is 6.07 Å². The van der Waals surface area contributed by atoms with E-state index in [0.29, 0.717) is 6.04 Å². The first-order valence-corrected chi connectivity index (χ1v) is 7.94. The fraction of sp³-hybridized carbons (Fsp3) is 0.368. The van der Waals surface area contributed by atoms with Crippen LogP contribution in [0.25, 0.3) is 0 Å². The number of rotatable bonds is 5. The first-order valence-electron chi connectivity index (χ1n) is 7.56. The maximum absolute atomic E-state index is 6.15. The van der Waals surface area contributed by atoms with Crippen molar-refractivity contribution in [3.05, 3.63) is 69.2 Å². The van der Waals surface area contributed by atoms with E-state index in [9.17, 15) is 0 Å². The molecular formula is C19H24ClN. The lowest BCUT2D eigenvalue weighted by Gasteiger charge is -2.21. The number of hydrogen-bond acceptors (Lipinski definition) is 1. The molecule has 0 aliphatic carbocycles. The van der Waals surface area contributed by atoms with E-state index >= 15 is 0 Å². The molecule has 2 heteroatoms. The Labute approximate surface area is 133 Å². The lowest BCUT2D eigenvalue weighted by atomic mass is 9.94. The van der Waals surface area contributed by atoms with Gasteiger partial charge in [-0.2, -0.15) is 0 Å². The molecule has 2 rings (SSSR count). The maximum Gasteiger partial charge on any atom is 0.0435 e. The average Bonchev–Trinajstić information content (AvgIpc) is 2.45. The van der Waals surface area contributed by atoms with Crippen molar-refractivity contribution >= 4 is 11.6 Å². The highest BCUT2D eigenvalue weighted by atomic mass is 35.5. The minimum Gasteiger partial charge on any atom is -0.310 e. The summed E-state index contributed by atoms with van der Waals surface area (Å²) in [6.07, 6.45) is 1.00. The topological polar surface area (TPSA) is 12.0 Å². The molecule has 1 nitrogen and oxygen atoms in total. The molecule has 112 valence electrons. The minimum absolute atomic E-state index is 0.325. The van der Waals surface area contributed by atoms with Gasteiger partial charge >= 0.3 is 0 Å². The Bertz CT molecular complexity index is 619. The van der Waals surface area contributed by atoms with Crippen LogP contribution in [0.2, 0.25) is 5.02 Å². The van der Waals surface area contributed by atoms with Crippen molar-refractivity contribution in [1.29, 1.82) is 0 Å². The normalized spacial score (nSPS) is 12.4. The molecule has 2 aromatic rings. The number of likely N-dealkylation sites (N-methyl/N-ethyl adjacent to an activating group) is 1. The van der Waals surface area contributed by atoms with Gasteiger partial charge in [0, 0.05) is 11.1 Å². The van der Waals surface area contributed by atoms with E-state index in [4.69, 9.17) is 11.6 Å². The molecule has 0 aliphatic heterocycles. The Balaban J connectivity index is 2.30. The molecule has 0 bridgehead atoms. The van der Waals surface area contributed by atoms with E-state index in [2.05, 4.69) is 63.3 Å². The lowest BCUT2D eigenvalue weighted by molar-refractivity contribution is 0.548. The Morgan fingerprint density at radius 1 is 1.00 bits per heavy atom. The highest BCUT2D eigenvalue weighted by Gasteiger charge is 2.13. The molecule has 1 N–H and O–H groups in total. The highest BCUT2D eigenvalue weighted by molar-refractivity contribution is 6.31. The summed E-state index contributed by atoms with van der Waals surface area (Å²) in [6, 6.07) is 13.3. The van der Waals surface area contributed by atoms with Crippen LogP contribution in [0, 0.1) is 20.8 Å². The summed E-state index contributed by atoms with van der Waals surface area (Å²) >= 11 is 6.15. The first-order chi connectivity index (χ1) is 10.0. The van der Waals surface area contributed by atoms with Crippen LogP contribution in [-0.4, -0.2) is 6.54 Å². The van der Waals surface area contributed by atoms with Crippen LogP contribution in [0.3, 0.4) is 0 Å². The van der Waals surface area contributed by atoms with Gasteiger partial charge in [0.2, 0.25) is 0 Å². The fourth-order valence-corrected chi connectivity index (χ4v) is 2.80. The monoisotopic (exact) mass is 301 g/mol. The molecule has 1 unspecified atom stereocenters. The number of nitrogens with one attached hydrogen (secondary N) is 1. The third kappa shape index (κ3) is 4.09. The quantitative estimate of drug-likeness (QED) is 0.804. The molecule has 21 heavy (non-hydrogen) atoms. The third-order valence-corrected chi connectivity index (χ3v) is 4.39. The molecule has 0 amide bonds. The van der Waals surface area contributed by atoms with Gasteiger partial charge in [0.25, 0.3) is 0 Å². The summed E-state index contributed by atoms with van der Waals surface area (Å²) in [5, 5.41) is 4.43. The third-order valence-electron chi connectivity index (χ3n) is 3.96. The van der Waals surface area contributed by atoms with Gasteiger partial charge in [0.15, 0.2) is 0 Å². The molecule has 0 spiro atoms. The summed E-state index contributed by atoms with van der Waals surface area (Å²) in [5.74, 6) is 0.